The molecule has 0 aromatic heterocycles. The molecule has 110 valence electrons. The number of likely N-dealkylation sites (tertiary alicyclic amines) is 1. The average molecular weight is 276 g/mol. The van der Waals surface area contributed by atoms with Gasteiger partial charge in [0, 0.05) is 32.2 Å². The summed E-state index contributed by atoms with van der Waals surface area (Å²) >= 11 is 0. The van der Waals surface area contributed by atoms with Crippen molar-refractivity contribution in [2.45, 2.75) is 38.3 Å². The monoisotopic (exact) mass is 276 g/mol. The van der Waals surface area contributed by atoms with Crippen LogP contribution in [0.25, 0.3) is 0 Å². The highest BCUT2D eigenvalue weighted by Gasteiger charge is 2.21. The van der Waals surface area contributed by atoms with Gasteiger partial charge in [0.25, 0.3) is 0 Å². The lowest BCUT2D eigenvalue weighted by Crippen LogP contribution is -2.47. The first-order chi connectivity index (χ1) is 9.78. The average Bonchev–Trinajstić information content (AvgIpc) is 2.46. The Morgan fingerprint density at radius 2 is 2.15 bits per heavy atom. The predicted octanol–water partition coefficient (Wildman–Crippen LogP) is 1.54. The number of nitrogens with zero attached hydrogens (tertiary/aromatic N) is 1. The van der Waals surface area contributed by atoms with Crippen LogP contribution < -0.4 is 5.32 Å². The minimum atomic E-state index is 0.0608. The Bertz CT molecular complexity index is 408. The van der Waals surface area contributed by atoms with Crippen molar-refractivity contribution < 1.29 is 9.90 Å². The van der Waals surface area contributed by atoms with Gasteiger partial charge in [-0.15, -0.1) is 0 Å². The number of carbonyl (C=O) groups excluding carboxylic acids is 1. The second-order valence-electron chi connectivity index (χ2n) is 5.45. The van der Waals surface area contributed by atoms with Crippen molar-refractivity contribution in [2.24, 2.45) is 0 Å². The van der Waals surface area contributed by atoms with Gasteiger partial charge in [0.05, 0.1) is 0 Å². The predicted molar refractivity (Wildman–Crippen MR) is 79.2 cm³/mol. The summed E-state index contributed by atoms with van der Waals surface area (Å²) in [5, 5.41) is 11.8. The summed E-state index contributed by atoms with van der Waals surface area (Å²) in [7, 11) is 0. The minimum Gasteiger partial charge on any atom is -0.396 e. The summed E-state index contributed by atoms with van der Waals surface area (Å²) in [5.41, 5.74) is 1.32. The van der Waals surface area contributed by atoms with Crippen LogP contribution in [0, 0.1) is 0 Å². The van der Waals surface area contributed by atoms with Gasteiger partial charge < -0.3 is 10.4 Å². The van der Waals surface area contributed by atoms with E-state index in [1.807, 2.05) is 6.07 Å². The molecule has 4 heteroatoms. The van der Waals surface area contributed by atoms with Crippen LogP contribution in [0.5, 0.6) is 0 Å². The van der Waals surface area contributed by atoms with Crippen molar-refractivity contribution in [3.05, 3.63) is 35.9 Å². The third-order valence-electron chi connectivity index (χ3n) is 3.68. The summed E-state index contributed by atoms with van der Waals surface area (Å²) in [4.78, 5) is 14.1. The fourth-order valence-electron chi connectivity index (χ4n) is 2.70. The highest BCUT2D eigenvalue weighted by atomic mass is 16.3. The number of hydrogen-bond acceptors (Lipinski definition) is 3. The van der Waals surface area contributed by atoms with E-state index in [1.54, 1.807) is 0 Å². The number of piperidine rings is 1. The van der Waals surface area contributed by atoms with Crippen LogP contribution in [0.1, 0.15) is 31.2 Å². The fourth-order valence-corrected chi connectivity index (χ4v) is 2.70. The molecule has 1 saturated heterocycles. The van der Waals surface area contributed by atoms with Crippen molar-refractivity contribution in [3.8, 4) is 0 Å². The van der Waals surface area contributed by atoms with Crippen molar-refractivity contribution in [2.75, 3.05) is 19.7 Å². The molecule has 1 heterocycles. The molecule has 2 N–H and O–H groups in total. The number of nitrogens with one attached hydrogen (secondary N) is 1. The maximum Gasteiger partial charge on any atom is 0.220 e. The maximum atomic E-state index is 11.7. The summed E-state index contributed by atoms with van der Waals surface area (Å²) in [6, 6.07) is 10.7. The molecule has 1 aromatic rings. The number of rotatable bonds is 6. The van der Waals surface area contributed by atoms with Crippen LogP contribution in [0.3, 0.4) is 0 Å². The minimum absolute atomic E-state index is 0.0608. The highest BCUT2D eigenvalue weighted by Crippen LogP contribution is 2.13. The Hall–Kier alpha value is -1.39. The van der Waals surface area contributed by atoms with Gasteiger partial charge >= 0.3 is 0 Å². The smallest absolute Gasteiger partial charge is 0.220 e. The van der Waals surface area contributed by atoms with E-state index < -0.39 is 0 Å². The lowest BCUT2D eigenvalue weighted by Gasteiger charge is -2.33. The van der Waals surface area contributed by atoms with Crippen molar-refractivity contribution in [3.63, 3.8) is 0 Å². The molecule has 20 heavy (non-hydrogen) atoms. The number of aliphatic hydroxyl groups excluding tert-OH is 1. The summed E-state index contributed by atoms with van der Waals surface area (Å²) in [6.45, 7) is 3.04. The lowest BCUT2D eigenvalue weighted by molar-refractivity contribution is -0.122. The van der Waals surface area contributed by atoms with E-state index in [0.29, 0.717) is 12.8 Å². The SMILES string of the molecule is O=C(CCCO)NC1CCCN(Cc2ccccc2)C1. The maximum absolute atomic E-state index is 11.7. The molecule has 1 aromatic carbocycles. The van der Waals surface area contributed by atoms with Gasteiger partial charge in [-0.1, -0.05) is 30.3 Å². The number of carbonyl (C=O) groups is 1. The van der Waals surface area contributed by atoms with Crippen LogP contribution in [0.4, 0.5) is 0 Å². The topological polar surface area (TPSA) is 52.6 Å². The molecule has 1 atom stereocenters. The quantitative estimate of drug-likeness (QED) is 0.828. The molecule has 0 saturated carbocycles. The van der Waals surface area contributed by atoms with Crippen molar-refractivity contribution in [1.29, 1.82) is 0 Å². The van der Waals surface area contributed by atoms with Crippen LogP contribution in [-0.4, -0.2) is 41.7 Å². The Kier molecular flexibility index (Phi) is 6.02. The Morgan fingerprint density at radius 1 is 1.35 bits per heavy atom. The van der Waals surface area contributed by atoms with E-state index in [9.17, 15) is 4.79 Å². The van der Waals surface area contributed by atoms with Crippen LogP contribution >= 0.6 is 0 Å². The van der Waals surface area contributed by atoms with Gasteiger partial charge in [0.1, 0.15) is 0 Å². The van der Waals surface area contributed by atoms with Crippen LogP contribution in [-0.2, 0) is 11.3 Å². The second kappa shape index (κ2) is 8.02. The van der Waals surface area contributed by atoms with Crippen molar-refractivity contribution >= 4 is 5.91 Å². The van der Waals surface area contributed by atoms with E-state index in [1.165, 1.54) is 5.56 Å². The Morgan fingerprint density at radius 3 is 2.90 bits per heavy atom. The first-order valence-corrected chi connectivity index (χ1v) is 7.44. The molecule has 0 aliphatic carbocycles. The molecule has 1 aliphatic rings. The molecule has 4 nitrogen and oxygen atoms in total. The van der Waals surface area contributed by atoms with E-state index >= 15 is 0 Å². The summed E-state index contributed by atoms with van der Waals surface area (Å²) in [5.74, 6) is 0.0608. The van der Waals surface area contributed by atoms with Crippen LogP contribution in [0.2, 0.25) is 0 Å². The zero-order valence-corrected chi connectivity index (χ0v) is 11.9. The normalized spacial score (nSPS) is 19.8. The molecule has 2 rings (SSSR count). The second-order valence-corrected chi connectivity index (χ2v) is 5.45. The molecule has 1 unspecified atom stereocenters. The van der Waals surface area contributed by atoms with Crippen LogP contribution in [0.15, 0.2) is 30.3 Å². The number of aliphatic hydroxyl groups is 1. The largest absolute Gasteiger partial charge is 0.396 e. The summed E-state index contributed by atoms with van der Waals surface area (Å²) in [6.07, 6.45) is 3.14. The third kappa shape index (κ3) is 4.94. The molecular formula is C16H24N2O2. The van der Waals surface area contributed by atoms with Gasteiger partial charge in [0.2, 0.25) is 5.91 Å². The lowest BCUT2D eigenvalue weighted by atomic mass is 10.0. The van der Waals surface area contributed by atoms with E-state index in [0.717, 1.165) is 32.5 Å². The van der Waals surface area contributed by atoms with Gasteiger partial charge in [-0.3, -0.25) is 9.69 Å². The Balaban J connectivity index is 1.78. The summed E-state index contributed by atoms with van der Waals surface area (Å²) < 4.78 is 0. The highest BCUT2D eigenvalue weighted by molar-refractivity contribution is 5.76. The number of benzene rings is 1. The van der Waals surface area contributed by atoms with E-state index in [-0.39, 0.29) is 18.6 Å². The van der Waals surface area contributed by atoms with Gasteiger partial charge in [-0.25, -0.2) is 0 Å². The zero-order valence-electron chi connectivity index (χ0n) is 11.9. The molecule has 1 aliphatic heterocycles. The standard InChI is InChI=1S/C16H24N2O2/c19-11-5-9-16(20)17-15-8-4-10-18(13-15)12-14-6-2-1-3-7-14/h1-3,6-7,15,19H,4-5,8-13H2,(H,17,20). The molecule has 0 spiro atoms. The zero-order chi connectivity index (χ0) is 14.2. The van der Waals surface area contributed by atoms with Gasteiger partial charge in [-0.05, 0) is 31.4 Å². The first-order valence-electron chi connectivity index (χ1n) is 7.44. The first kappa shape index (κ1) is 15.0. The van der Waals surface area contributed by atoms with Crippen molar-refractivity contribution in [1.82, 2.24) is 10.2 Å². The van der Waals surface area contributed by atoms with Gasteiger partial charge in [-0.2, -0.15) is 0 Å². The fraction of sp³-hybridized carbons (Fsp3) is 0.562. The third-order valence-corrected chi connectivity index (χ3v) is 3.68. The van der Waals surface area contributed by atoms with E-state index in [2.05, 4.69) is 34.5 Å². The molecule has 0 bridgehead atoms. The molecular weight excluding hydrogens is 252 g/mol. The molecule has 1 amide bonds. The van der Waals surface area contributed by atoms with Gasteiger partial charge in [0.15, 0.2) is 0 Å². The number of hydrogen-bond donors (Lipinski definition) is 2. The number of amides is 1. The molecule has 1 fully saturated rings. The van der Waals surface area contributed by atoms with E-state index in [4.69, 9.17) is 5.11 Å². The molecule has 0 radical (unpaired) electrons. The Labute approximate surface area is 120 Å².